The average molecular weight is 348 g/mol. The summed E-state index contributed by atoms with van der Waals surface area (Å²) in [5, 5.41) is 0. The summed E-state index contributed by atoms with van der Waals surface area (Å²) in [6, 6.07) is 5.75. The Bertz CT molecular complexity index is 537. The first-order valence-electron chi connectivity index (χ1n) is 9.47. The zero-order valence-electron chi connectivity index (χ0n) is 15.9. The maximum Gasteiger partial charge on any atom is 0.311 e. The number of carbonyl (C=O) groups excluding carboxylic acids is 2. The van der Waals surface area contributed by atoms with Crippen LogP contribution >= 0.6 is 0 Å². The standard InChI is InChI=1S/C21H32O4/c1-4-16-24-20(22)14-9-7-5-6-8-10-15-21(23)25-19-13-11-12-17(2)18(19)3/h11-13H,4-10,14-16H2,1-3H3. The molecule has 4 nitrogen and oxygen atoms in total. The van der Waals surface area contributed by atoms with Crippen molar-refractivity contribution < 1.29 is 19.1 Å². The molecule has 0 heterocycles. The van der Waals surface area contributed by atoms with Crippen LogP contribution in [0.4, 0.5) is 0 Å². The topological polar surface area (TPSA) is 52.6 Å². The summed E-state index contributed by atoms with van der Waals surface area (Å²) in [6.45, 7) is 6.49. The minimum Gasteiger partial charge on any atom is -0.466 e. The third-order valence-electron chi connectivity index (χ3n) is 4.26. The molecule has 0 unspecified atom stereocenters. The molecule has 0 fully saturated rings. The molecule has 4 heteroatoms. The molecule has 0 saturated carbocycles. The van der Waals surface area contributed by atoms with Crippen LogP contribution in [-0.4, -0.2) is 18.5 Å². The summed E-state index contributed by atoms with van der Waals surface area (Å²) < 4.78 is 10.5. The van der Waals surface area contributed by atoms with Crippen LogP contribution in [0.2, 0.25) is 0 Å². The summed E-state index contributed by atoms with van der Waals surface area (Å²) in [4.78, 5) is 23.2. The number of benzene rings is 1. The summed E-state index contributed by atoms with van der Waals surface area (Å²) in [5.41, 5.74) is 2.15. The number of hydrogen-bond donors (Lipinski definition) is 0. The van der Waals surface area contributed by atoms with E-state index in [-0.39, 0.29) is 11.9 Å². The van der Waals surface area contributed by atoms with Crippen molar-refractivity contribution in [3.63, 3.8) is 0 Å². The fraction of sp³-hybridized carbons (Fsp3) is 0.619. The quantitative estimate of drug-likeness (QED) is 0.293. The van der Waals surface area contributed by atoms with E-state index in [9.17, 15) is 9.59 Å². The van der Waals surface area contributed by atoms with Crippen molar-refractivity contribution in [2.75, 3.05) is 6.61 Å². The molecular weight excluding hydrogens is 316 g/mol. The summed E-state index contributed by atoms with van der Waals surface area (Å²) in [5.74, 6) is 0.420. The molecule has 1 aromatic carbocycles. The predicted molar refractivity (Wildman–Crippen MR) is 99.7 cm³/mol. The van der Waals surface area contributed by atoms with E-state index >= 15 is 0 Å². The van der Waals surface area contributed by atoms with Gasteiger partial charge in [0.25, 0.3) is 0 Å². The van der Waals surface area contributed by atoms with Gasteiger partial charge in [-0.2, -0.15) is 0 Å². The van der Waals surface area contributed by atoms with Gasteiger partial charge in [0, 0.05) is 12.8 Å². The monoisotopic (exact) mass is 348 g/mol. The van der Waals surface area contributed by atoms with Gasteiger partial charge in [-0.3, -0.25) is 9.59 Å². The maximum atomic E-state index is 11.9. The third kappa shape index (κ3) is 9.28. The van der Waals surface area contributed by atoms with E-state index in [2.05, 4.69) is 0 Å². The first-order valence-corrected chi connectivity index (χ1v) is 9.47. The number of hydrogen-bond acceptors (Lipinski definition) is 4. The molecule has 0 N–H and O–H groups in total. The molecule has 0 spiro atoms. The van der Waals surface area contributed by atoms with Crippen molar-refractivity contribution in [2.45, 2.75) is 78.6 Å². The molecule has 25 heavy (non-hydrogen) atoms. The van der Waals surface area contributed by atoms with Crippen molar-refractivity contribution in [3.05, 3.63) is 29.3 Å². The van der Waals surface area contributed by atoms with E-state index in [1.54, 1.807) is 0 Å². The molecule has 0 saturated heterocycles. The molecule has 0 aromatic heterocycles. The zero-order chi connectivity index (χ0) is 18.5. The molecule has 1 rings (SSSR count). The van der Waals surface area contributed by atoms with Crippen molar-refractivity contribution >= 4 is 11.9 Å². The zero-order valence-corrected chi connectivity index (χ0v) is 15.9. The Labute approximate surface area is 151 Å². The predicted octanol–water partition coefficient (Wildman–Crippen LogP) is 5.28. The molecule has 0 aliphatic rings. The van der Waals surface area contributed by atoms with Gasteiger partial charge < -0.3 is 9.47 Å². The second-order valence-electron chi connectivity index (χ2n) is 6.51. The number of carbonyl (C=O) groups is 2. The van der Waals surface area contributed by atoms with Crippen LogP contribution in [-0.2, 0) is 14.3 Å². The highest BCUT2D eigenvalue weighted by Gasteiger charge is 2.08. The van der Waals surface area contributed by atoms with Crippen LogP contribution in [0, 0.1) is 13.8 Å². The molecule has 0 atom stereocenters. The van der Waals surface area contributed by atoms with E-state index < -0.39 is 0 Å². The third-order valence-corrected chi connectivity index (χ3v) is 4.26. The van der Waals surface area contributed by atoms with Gasteiger partial charge in [-0.1, -0.05) is 44.7 Å². The SMILES string of the molecule is CCCOC(=O)CCCCCCCCC(=O)Oc1cccc(C)c1C. The van der Waals surface area contributed by atoms with Gasteiger partial charge in [0.05, 0.1) is 6.61 Å². The van der Waals surface area contributed by atoms with Gasteiger partial charge >= 0.3 is 11.9 Å². The van der Waals surface area contributed by atoms with Crippen LogP contribution < -0.4 is 4.74 Å². The molecule has 0 amide bonds. The first-order chi connectivity index (χ1) is 12.0. The Kier molecular flexibility index (Phi) is 10.6. The molecule has 1 aromatic rings. The van der Waals surface area contributed by atoms with Crippen molar-refractivity contribution in [1.29, 1.82) is 0 Å². The highest BCUT2D eigenvalue weighted by atomic mass is 16.5. The number of ether oxygens (including phenoxy) is 2. The van der Waals surface area contributed by atoms with Crippen LogP contribution in [0.3, 0.4) is 0 Å². The second-order valence-corrected chi connectivity index (χ2v) is 6.51. The average Bonchev–Trinajstić information content (AvgIpc) is 2.59. The smallest absolute Gasteiger partial charge is 0.311 e. The Morgan fingerprint density at radius 2 is 1.48 bits per heavy atom. The lowest BCUT2D eigenvalue weighted by Crippen LogP contribution is -2.08. The molecule has 0 radical (unpaired) electrons. The van der Waals surface area contributed by atoms with Gasteiger partial charge in [0.1, 0.15) is 5.75 Å². The van der Waals surface area contributed by atoms with E-state index in [4.69, 9.17) is 9.47 Å². The Morgan fingerprint density at radius 1 is 0.880 bits per heavy atom. The number of esters is 2. The van der Waals surface area contributed by atoms with Crippen LogP contribution in [0.25, 0.3) is 0 Å². The fourth-order valence-corrected chi connectivity index (χ4v) is 2.54. The number of rotatable bonds is 12. The van der Waals surface area contributed by atoms with Gasteiger partial charge in [-0.05, 0) is 50.3 Å². The Morgan fingerprint density at radius 3 is 2.12 bits per heavy atom. The van der Waals surface area contributed by atoms with Gasteiger partial charge in [-0.25, -0.2) is 0 Å². The largest absolute Gasteiger partial charge is 0.466 e. The van der Waals surface area contributed by atoms with Crippen LogP contribution in [0.5, 0.6) is 5.75 Å². The van der Waals surface area contributed by atoms with E-state index in [0.717, 1.165) is 56.1 Å². The normalized spacial score (nSPS) is 10.5. The van der Waals surface area contributed by atoms with Crippen LogP contribution in [0.15, 0.2) is 18.2 Å². The van der Waals surface area contributed by atoms with Gasteiger partial charge in [0.15, 0.2) is 0 Å². The van der Waals surface area contributed by atoms with Crippen molar-refractivity contribution in [3.8, 4) is 5.75 Å². The number of unbranched alkanes of at least 4 members (excludes halogenated alkanes) is 5. The van der Waals surface area contributed by atoms with E-state index in [1.165, 1.54) is 0 Å². The molecule has 0 aliphatic carbocycles. The minimum atomic E-state index is -0.160. The lowest BCUT2D eigenvalue weighted by molar-refractivity contribution is -0.143. The lowest BCUT2D eigenvalue weighted by atomic mass is 10.1. The van der Waals surface area contributed by atoms with Crippen LogP contribution in [0.1, 0.15) is 75.8 Å². The first kappa shape index (κ1) is 21.2. The molecule has 0 bridgehead atoms. The second kappa shape index (κ2) is 12.5. The van der Waals surface area contributed by atoms with Gasteiger partial charge in [-0.15, -0.1) is 0 Å². The highest BCUT2D eigenvalue weighted by Crippen LogP contribution is 2.21. The summed E-state index contributed by atoms with van der Waals surface area (Å²) in [6.07, 6.45) is 7.81. The lowest BCUT2D eigenvalue weighted by Gasteiger charge is -2.09. The fourth-order valence-electron chi connectivity index (χ4n) is 2.54. The maximum absolute atomic E-state index is 11.9. The molecule has 140 valence electrons. The Hall–Kier alpha value is -1.84. The number of aryl methyl sites for hydroxylation is 1. The minimum absolute atomic E-state index is 0.0870. The van der Waals surface area contributed by atoms with Crippen molar-refractivity contribution in [2.24, 2.45) is 0 Å². The summed E-state index contributed by atoms with van der Waals surface area (Å²) in [7, 11) is 0. The van der Waals surface area contributed by atoms with Crippen molar-refractivity contribution in [1.82, 2.24) is 0 Å². The van der Waals surface area contributed by atoms with E-state index in [0.29, 0.717) is 25.2 Å². The highest BCUT2D eigenvalue weighted by molar-refractivity contribution is 5.72. The Balaban J connectivity index is 2.03. The van der Waals surface area contributed by atoms with Gasteiger partial charge in [0.2, 0.25) is 0 Å². The molecular formula is C21H32O4. The molecule has 0 aliphatic heterocycles. The van der Waals surface area contributed by atoms with E-state index in [1.807, 2.05) is 39.0 Å². The summed E-state index contributed by atoms with van der Waals surface area (Å²) >= 11 is 0.